The first-order chi connectivity index (χ1) is 5.75. The summed E-state index contributed by atoms with van der Waals surface area (Å²) in [5.41, 5.74) is 0.754. The average molecular weight is 164 g/mol. The quantitative estimate of drug-likeness (QED) is 0.680. The van der Waals surface area contributed by atoms with Gasteiger partial charge in [0.2, 0.25) is 0 Å². The SMILES string of the molecule is CCC(=O)C(C)c1cccnn1. The zero-order valence-electron chi connectivity index (χ0n) is 7.32. The summed E-state index contributed by atoms with van der Waals surface area (Å²) in [4.78, 5) is 11.2. The Labute approximate surface area is 71.8 Å². The number of hydrogen-bond acceptors (Lipinski definition) is 3. The zero-order valence-corrected chi connectivity index (χ0v) is 7.32. The maximum atomic E-state index is 11.2. The fourth-order valence-electron chi connectivity index (χ4n) is 1.02. The molecule has 1 atom stereocenters. The lowest BCUT2D eigenvalue weighted by molar-refractivity contribution is -0.119. The summed E-state index contributed by atoms with van der Waals surface area (Å²) in [5, 5.41) is 7.60. The van der Waals surface area contributed by atoms with Crippen molar-refractivity contribution in [1.29, 1.82) is 0 Å². The Bertz CT molecular complexity index is 258. The van der Waals surface area contributed by atoms with E-state index >= 15 is 0 Å². The van der Waals surface area contributed by atoms with Gasteiger partial charge in [0, 0.05) is 12.6 Å². The number of Topliss-reactive ketones (excluding diaryl/α,β-unsaturated/α-hetero) is 1. The fourth-order valence-corrected chi connectivity index (χ4v) is 1.02. The molecule has 0 aliphatic carbocycles. The van der Waals surface area contributed by atoms with Gasteiger partial charge in [0.05, 0.1) is 11.6 Å². The molecule has 1 unspecified atom stereocenters. The molecule has 0 bridgehead atoms. The van der Waals surface area contributed by atoms with Crippen molar-refractivity contribution in [3.63, 3.8) is 0 Å². The standard InChI is InChI=1S/C9H12N2O/c1-3-9(12)7(2)8-5-4-6-10-11-8/h4-7H,3H2,1-2H3. The van der Waals surface area contributed by atoms with E-state index in [9.17, 15) is 4.79 Å². The highest BCUT2D eigenvalue weighted by molar-refractivity contribution is 5.84. The van der Waals surface area contributed by atoms with Crippen molar-refractivity contribution in [3.05, 3.63) is 24.0 Å². The van der Waals surface area contributed by atoms with Gasteiger partial charge in [-0.2, -0.15) is 10.2 Å². The van der Waals surface area contributed by atoms with Crippen LogP contribution in [0.3, 0.4) is 0 Å². The van der Waals surface area contributed by atoms with Gasteiger partial charge >= 0.3 is 0 Å². The third-order valence-electron chi connectivity index (χ3n) is 1.87. The number of carbonyl (C=O) groups excluding carboxylic acids is 1. The first-order valence-electron chi connectivity index (χ1n) is 4.06. The Morgan fingerprint density at radius 2 is 2.42 bits per heavy atom. The summed E-state index contributed by atoms with van der Waals surface area (Å²) in [7, 11) is 0. The van der Waals surface area contributed by atoms with E-state index in [0.717, 1.165) is 5.69 Å². The van der Waals surface area contributed by atoms with E-state index in [1.807, 2.05) is 19.9 Å². The van der Waals surface area contributed by atoms with E-state index in [4.69, 9.17) is 0 Å². The van der Waals surface area contributed by atoms with Crippen LogP contribution in [0.25, 0.3) is 0 Å². The van der Waals surface area contributed by atoms with Crippen LogP contribution >= 0.6 is 0 Å². The minimum atomic E-state index is -0.122. The van der Waals surface area contributed by atoms with Crippen LogP contribution < -0.4 is 0 Å². The number of nitrogens with zero attached hydrogens (tertiary/aromatic N) is 2. The summed E-state index contributed by atoms with van der Waals surface area (Å²) in [6.45, 7) is 3.71. The molecule has 1 aromatic heterocycles. The van der Waals surface area contributed by atoms with Crippen LogP contribution in [0.15, 0.2) is 18.3 Å². The highest BCUT2D eigenvalue weighted by atomic mass is 16.1. The van der Waals surface area contributed by atoms with E-state index < -0.39 is 0 Å². The maximum Gasteiger partial charge on any atom is 0.141 e. The van der Waals surface area contributed by atoms with E-state index in [0.29, 0.717) is 6.42 Å². The number of ketones is 1. The second-order valence-electron chi connectivity index (χ2n) is 2.69. The van der Waals surface area contributed by atoms with Gasteiger partial charge in [-0.25, -0.2) is 0 Å². The lowest BCUT2D eigenvalue weighted by Crippen LogP contribution is -2.09. The first-order valence-corrected chi connectivity index (χ1v) is 4.06. The van der Waals surface area contributed by atoms with Crippen molar-refractivity contribution in [2.75, 3.05) is 0 Å². The molecule has 0 radical (unpaired) electrons. The van der Waals surface area contributed by atoms with Gasteiger partial charge in [-0.1, -0.05) is 6.92 Å². The summed E-state index contributed by atoms with van der Waals surface area (Å²) in [6, 6.07) is 3.62. The molecule has 0 fully saturated rings. The van der Waals surface area contributed by atoms with E-state index in [-0.39, 0.29) is 11.7 Å². The molecule has 0 aliphatic rings. The molecule has 1 heterocycles. The molecule has 1 rings (SSSR count). The van der Waals surface area contributed by atoms with Gasteiger partial charge in [-0.15, -0.1) is 0 Å². The van der Waals surface area contributed by atoms with Gasteiger partial charge in [-0.05, 0) is 19.1 Å². The Morgan fingerprint density at radius 1 is 1.67 bits per heavy atom. The Kier molecular flexibility index (Phi) is 2.91. The average Bonchev–Trinajstić information content (AvgIpc) is 2.17. The minimum absolute atomic E-state index is 0.122. The predicted molar refractivity (Wildman–Crippen MR) is 45.7 cm³/mol. The third kappa shape index (κ3) is 1.87. The van der Waals surface area contributed by atoms with E-state index in [1.54, 1.807) is 12.3 Å². The van der Waals surface area contributed by atoms with E-state index in [1.165, 1.54) is 0 Å². The van der Waals surface area contributed by atoms with Crippen LogP contribution in [-0.2, 0) is 4.79 Å². The smallest absolute Gasteiger partial charge is 0.141 e. The largest absolute Gasteiger partial charge is 0.299 e. The molecule has 0 N–H and O–H groups in total. The highest BCUT2D eigenvalue weighted by Crippen LogP contribution is 2.13. The number of hydrogen-bond donors (Lipinski definition) is 0. The summed E-state index contributed by atoms with van der Waals surface area (Å²) in [5.74, 6) is 0.0826. The monoisotopic (exact) mass is 164 g/mol. The second-order valence-corrected chi connectivity index (χ2v) is 2.69. The molecule has 0 saturated carbocycles. The molecule has 3 heteroatoms. The summed E-state index contributed by atoms with van der Waals surface area (Å²) >= 11 is 0. The summed E-state index contributed by atoms with van der Waals surface area (Å²) in [6.07, 6.45) is 2.16. The van der Waals surface area contributed by atoms with Gasteiger partial charge < -0.3 is 0 Å². The Hall–Kier alpha value is -1.25. The van der Waals surface area contributed by atoms with Crippen molar-refractivity contribution in [2.24, 2.45) is 0 Å². The summed E-state index contributed by atoms with van der Waals surface area (Å²) < 4.78 is 0. The van der Waals surface area contributed by atoms with Crippen molar-refractivity contribution in [3.8, 4) is 0 Å². The van der Waals surface area contributed by atoms with Gasteiger partial charge in [0.25, 0.3) is 0 Å². The zero-order chi connectivity index (χ0) is 8.97. The van der Waals surface area contributed by atoms with Crippen LogP contribution in [0, 0.1) is 0 Å². The molecule has 1 aromatic rings. The lowest BCUT2D eigenvalue weighted by Gasteiger charge is -2.05. The molecular weight excluding hydrogens is 152 g/mol. The van der Waals surface area contributed by atoms with Crippen LogP contribution in [0.5, 0.6) is 0 Å². The Morgan fingerprint density at radius 3 is 2.92 bits per heavy atom. The van der Waals surface area contributed by atoms with E-state index in [2.05, 4.69) is 10.2 Å². The van der Waals surface area contributed by atoms with Crippen LogP contribution in [0.1, 0.15) is 31.9 Å². The minimum Gasteiger partial charge on any atom is -0.299 e. The van der Waals surface area contributed by atoms with Gasteiger partial charge in [-0.3, -0.25) is 4.79 Å². The molecule has 0 amide bonds. The molecule has 0 saturated heterocycles. The fraction of sp³-hybridized carbons (Fsp3) is 0.444. The molecule has 12 heavy (non-hydrogen) atoms. The number of carbonyl (C=O) groups is 1. The van der Waals surface area contributed by atoms with Crippen LogP contribution in [0.2, 0.25) is 0 Å². The Balaban J connectivity index is 2.78. The van der Waals surface area contributed by atoms with Crippen molar-refractivity contribution < 1.29 is 4.79 Å². The molecule has 0 aliphatic heterocycles. The first kappa shape index (κ1) is 8.84. The third-order valence-corrected chi connectivity index (χ3v) is 1.87. The number of aromatic nitrogens is 2. The van der Waals surface area contributed by atoms with Crippen LogP contribution in [0.4, 0.5) is 0 Å². The number of rotatable bonds is 3. The molecule has 64 valence electrons. The van der Waals surface area contributed by atoms with Gasteiger partial charge in [0.15, 0.2) is 0 Å². The predicted octanol–water partition coefficient (Wildman–Crippen LogP) is 1.56. The second kappa shape index (κ2) is 3.95. The highest BCUT2D eigenvalue weighted by Gasteiger charge is 2.13. The molecular formula is C9H12N2O. The molecule has 0 aromatic carbocycles. The van der Waals surface area contributed by atoms with Gasteiger partial charge in [0.1, 0.15) is 5.78 Å². The normalized spacial score (nSPS) is 12.5. The maximum absolute atomic E-state index is 11.2. The topological polar surface area (TPSA) is 42.9 Å². The molecule has 0 spiro atoms. The van der Waals surface area contributed by atoms with Crippen molar-refractivity contribution in [2.45, 2.75) is 26.2 Å². The van der Waals surface area contributed by atoms with Crippen LogP contribution in [-0.4, -0.2) is 16.0 Å². The van der Waals surface area contributed by atoms with Crippen molar-refractivity contribution in [1.82, 2.24) is 10.2 Å². The lowest BCUT2D eigenvalue weighted by atomic mass is 10.0. The van der Waals surface area contributed by atoms with Crippen molar-refractivity contribution >= 4 is 5.78 Å². The molecule has 3 nitrogen and oxygen atoms in total.